The SMILES string of the molecule is O=C(NC(Cc1ccc(F)cc1)C(=O)NCC1C=C(Br)NO1)OCc1ccccc1. The van der Waals surface area contributed by atoms with Crippen LogP contribution in [0.25, 0.3) is 0 Å². The van der Waals surface area contributed by atoms with Crippen LogP contribution in [0.2, 0.25) is 0 Å². The summed E-state index contributed by atoms with van der Waals surface area (Å²) in [6.45, 7) is 0.291. The Labute approximate surface area is 181 Å². The molecule has 2 aromatic carbocycles. The van der Waals surface area contributed by atoms with E-state index in [4.69, 9.17) is 9.57 Å². The van der Waals surface area contributed by atoms with Crippen LogP contribution in [0.4, 0.5) is 9.18 Å². The minimum absolute atomic E-state index is 0.0813. The van der Waals surface area contributed by atoms with E-state index in [0.29, 0.717) is 10.2 Å². The summed E-state index contributed by atoms with van der Waals surface area (Å²) in [4.78, 5) is 30.2. The molecule has 158 valence electrons. The van der Waals surface area contributed by atoms with E-state index in [2.05, 4.69) is 32.0 Å². The largest absolute Gasteiger partial charge is 0.445 e. The average molecular weight is 478 g/mol. The lowest BCUT2D eigenvalue weighted by molar-refractivity contribution is -0.123. The Bertz CT molecular complexity index is 893. The zero-order valence-electron chi connectivity index (χ0n) is 15.9. The van der Waals surface area contributed by atoms with E-state index in [-0.39, 0.29) is 31.5 Å². The molecule has 2 amide bonds. The molecule has 3 N–H and O–H groups in total. The van der Waals surface area contributed by atoms with Gasteiger partial charge in [0.2, 0.25) is 5.91 Å². The molecule has 0 aromatic heterocycles. The van der Waals surface area contributed by atoms with E-state index in [1.54, 1.807) is 18.2 Å². The highest BCUT2D eigenvalue weighted by molar-refractivity contribution is 9.11. The van der Waals surface area contributed by atoms with Crippen molar-refractivity contribution in [1.82, 2.24) is 16.1 Å². The third kappa shape index (κ3) is 6.85. The standard InChI is InChI=1S/C21H21BrFN3O4/c22-19-11-17(30-26-19)12-24-20(27)18(10-14-6-8-16(23)9-7-14)25-21(28)29-13-15-4-2-1-3-5-15/h1-9,11,17-18,26H,10,12-13H2,(H,24,27)(H,25,28). The number of rotatable bonds is 8. The molecule has 2 aromatic rings. The molecule has 9 heteroatoms. The Balaban J connectivity index is 1.59. The molecule has 1 aliphatic heterocycles. The van der Waals surface area contributed by atoms with Gasteiger partial charge in [-0.05, 0) is 45.3 Å². The first-order valence-electron chi connectivity index (χ1n) is 9.28. The maximum Gasteiger partial charge on any atom is 0.408 e. The summed E-state index contributed by atoms with van der Waals surface area (Å²) in [5, 5.41) is 5.33. The first-order valence-corrected chi connectivity index (χ1v) is 10.1. The summed E-state index contributed by atoms with van der Waals surface area (Å²) in [6.07, 6.45) is 0.870. The molecule has 0 aliphatic carbocycles. The third-order valence-electron chi connectivity index (χ3n) is 4.29. The molecule has 0 saturated heterocycles. The maximum absolute atomic E-state index is 13.2. The zero-order chi connectivity index (χ0) is 21.3. The molecule has 7 nitrogen and oxygen atoms in total. The van der Waals surface area contributed by atoms with Gasteiger partial charge >= 0.3 is 6.09 Å². The van der Waals surface area contributed by atoms with Gasteiger partial charge in [0, 0.05) is 6.42 Å². The van der Waals surface area contributed by atoms with Crippen molar-refractivity contribution in [3.05, 3.63) is 82.2 Å². The first-order chi connectivity index (χ1) is 14.5. The lowest BCUT2D eigenvalue weighted by atomic mass is 10.1. The van der Waals surface area contributed by atoms with Gasteiger partial charge in [-0.1, -0.05) is 42.5 Å². The van der Waals surface area contributed by atoms with E-state index in [1.165, 1.54) is 12.1 Å². The number of carbonyl (C=O) groups is 2. The Hall–Kier alpha value is -2.91. The summed E-state index contributed by atoms with van der Waals surface area (Å²) in [5.41, 5.74) is 4.16. The zero-order valence-corrected chi connectivity index (χ0v) is 17.5. The second-order valence-electron chi connectivity index (χ2n) is 6.61. The fraction of sp³-hybridized carbons (Fsp3) is 0.238. The second kappa shape index (κ2) is 10.7. The Morgan fingerprint density at radius 2 is 1.87 bits per heavy atom. The number of benzene rings is 2. The lowest BCUT2D eigenvalue weighted by Crippen LogP contribution is -2.49. The van der Waals surface area contributed by atoms with Crippen molar-refractivity contribution in [1.29, 1.82) is 0 Å². The van der Waals surface area contributed by atoms with Crippen molar-refractivity contribution in [3.8, 4) is 0 Å². The summed E-state index contributed by atoms with van der Waals surface area (Å²) in [7, 11) is 0. The second-order valence-corrected chi connectivity index (χ2v) is 7.46. The highest BCUT2D eigenvalue weighted by Gasteiger charge is 2.24. The number of hydroxylamine groups is 1. The van der Waals surface area contributed by atoms with E-state index in [0.717, 1.165) is 5.56 Å². The summed E-state index contributed by atoms with van der Waals surface area (Å²) >= 11 is 3.24. The fourth-order valence-electron chi connectivity index (χ4n) is 2.76. The molecule has 2 atom stereocenters. The van der Waals surface area contributed by atoms with Crippen molar-refractivity contribution in [2.45, 2.75) is 25.2 Å². The fourth-order valence-corrected chi connectivity index (χ4v) is 3.15. The van der Waals surface area contributed by atoms with Gasteiger partial charge in [-0.15, -0.1) is 0 Å². The van der Waals surface area contributed by atoms with Gasteiger partial charge in [0.1, 0.15) is 29.2 Å². The molecular formula is C21H21BrFN3O4. The molecule has 0 fully saturated rings. The Kier molecular flexibility index (Phi) is 7.81. The third-order valence-corrected chi connectivity index (χ3v) is 4.72. The molecule has 0 radical (unpaired) electrons. The van der Waals surface area contributed by atoms with Gasteiger partial charge in [0.15, 0.2) is 0 Å². The van der Waals surface area contributed by atoms with Crippen LogP contribution in [0.15, 0.2) is 65.3 Å². The maximum atomic E-state index is 13.2. The van der Waals surface area contributed by atoms with Crippen molar-refractivity contribution < 1.29 is 23.6 Å². The minimum Gasteiger partial charge on any atom is -0.445 e. The van der Waals surface area contributed by atoms with Crippen molar-refractivity contribution >= 4 is 27.9 Å². The molecule has 0 spiro atoms. The predicted molar refractivity (Wildman–Crippen MR) is 112 cm³/mol. The molecule has 30 heavy (non-hydrogen) atoms. The van der Waals surface area contributed by atoms with Crippen LogP contribution in [-0.2, 0) is 27.4 Å². The number of nitrogens with one attached hydrogen (secondary N) is 3. The van der Waals surface area contributed by atoms with Gasteiger partial charge in [-0.25, -0.2) is 9.18 Å². The number of amides is 2. The van der Waals surface area contributed by atoms with Gasteiger partial charge in [-0.3, -0.25) is 15.1 Å². The highest BCUT2D eigenvalue weighted by atomic mass is 79.9. The van der Waals surface area contributed by atoms with Crippen LogP contribution in [0.5, 0.6) is 0 Å². The molecule has 3 rings (SSSR count). The van der Waals surface area contributed by atoms with Crippen LogP contribution in [0.1, 0.15) is 11.1 Å². The average Bonchev–Trinajstić information content (AvgIpc) is 3.17. The summed E-state index contributed by atoms with van der Waals surface area (Å²) in [5.74, 6) is -0.783. The number of hydrogen-bond donors (Lipinski definition) is 3. The number of ether oxygens (including phenoxy) is 1. The van der Waals surface area contributed by atoms with Crippen LogP contribution >= 0.6 is 15.9 Å². The first kappa shape index (κ1) is 21.8. The summed E-state index contributed by atoms with van der Waals surface area (Å²) in [6, 6.07) is 14.0. The van der Waals surface area contributed by atoms with Crippen LogP contribution < -0.4 is 16.1 Å². The molecule has 0 bridgehead atoms. The molecule has 0 saturated carbocycles. The minimum atomic E-state index is -0.902. The van der Waals surface area contributed by atoms with Crippen molar-refractivity contribution in [2.24, 2.45) is 0 Å². The number of halogens is 2. The normalized spacial score (nSPS) is 16.2. The molecule has 2 unspecified atom stereocenters. The summed E-state index contributed by atoms with van der Waals surface area (Å²) < 4.78 is 19.1. The monoisotopic (exact) mass is 477 g/mol. The van der Waals surface area contributed by atoms with E-state index in [9.17, 15) is 14.0 Å². The van der Waals surface area contributed by atoms with Crippen molar-refractivity contribution in [3.63, 3.8) is 0 Å². The quantitative estimate of drug-likeness (QED) is 0.508. The van der Waals surface area contributed by atoms with E-state index < -0.39 is 18.0 Å². The topological polar surface area (TPSA) is 88.7 Å². The number of hydrogen-bond acceptors (Lipinski definition) is 5. The Morgan fingerprint density at radius 3 is 2.53 bits per heavy atom. The van der Waals surface area contributed by atoms with Gasteiger partial charge < -0.3 is 15.4 Å². The van der Waals surface area contributed by atoms with Crippen LogP contribution in [0, 0.1) is 5.82 Å². The van der Waals surface area contributed by atoms with Gasteiger partial charge in [0.05, 0.1) is 6.54 Å². The van der Waals surface area contributed by atoms with E-state index in [1.807, 2.05) is 30.3 Å². The molecule has 1 aliphatic rings. The van der Waals surface area contributed by atoms with E-state index >= 15 is 0 Å². The highest BCUT2D eigenvalue weighted by Crippen LogP contribution is 2.11. The number of alkyl carbamates (subject to hydrolysis) is 1. The molecular weight excluding hydrogens is 457 g/mol. The number of carbonyl (C=O) groups excluding carboxylic acids is 2. The van der Waals surface area contributed by atoms with Crippen LogP contribution in [-0.4, -0.2) is 30.7 Å². The van der Waals surface area contributed by atoms with Crippen molar-refractivity contribution in [2.75, 3.05) is 6.54 Å². The predicted octanol–water partition coefficient (Wildman–Crippen LogP) is 2.92. The van der Waals surface area contributed by atoms with Gasteiger partial charge in [0.25, 0.3) is 0 Å². The van der Waals surface area contributed by atoms with Gasteiger partial charge in [-0.2, -0.15) is 0 Å². The lowest BCUT2D eigenvalue weighted by Gasteiger charge is -2.19. The Morgan fingerprint density at radius 1 is 1.13 bits per heavy atom. The molecule has 1 heterocycles. The smallest absolute Gasteiger partial charge is 0.408 e. The van der Waals surface area contributed by atoms with Crippen LogP contribution in [0.3, 0.4) is 0 Å².